The van der Waals surface area contributed by atoms with Crippen molar-refractivity contribution in [3.63, 3.8) is 0 Å². The third-order valence-electron chi connectivity index (χ3n) is 4.57. The number of carbonyl (C=O) groups excluding carboxylic acids is 1. The monoisotopic (exact) mass is 334 g/mol. The predicted octanol–water partition coefficient (Wildman–Crippen LogP) is 4.92. The summed E-state index contributed by atoms with van der Waals surface area (Å²) < 4.78 is 1.52. The summed E-state index contributed by atoms with van der Waals surface area (Å²) in [6.45, 7) is 8.76. The Morgan fingerprint density at radius 2 is 1.83 bits per heavy atom. The highest BCUT2D eigenvalue weighted by molar-refractivity contribution is 7.82. The smallest absolute Gasteiger partial charge is 0.332 e. The molecule has 4 heteroatoms. The van der Waals surface area contributed by atoms with E-state index in [9.17, 15) is 4.79 Å². The van der Waals surface area contributed by atoms with Gasteiger partial charge >= 0.3 is 6.03 Å². The Kier molecular flexibility index (Phi) is 6.40. The fourth-order valence-electron chi connectivity index (χ4n) is 3.12. The third kappa shape index (κ3) is 4.43. The molecule has 0 saturated heterocycles. The number of hydrogen-bond donors (Lipinski definition) is 2. The van der Waals surface area contributed by atoms with Gasteiger partial charge in [-0.1, -0.05) is 52.6 Å². The average Bonchev–Trinajstić information content (AvgIpc) is 2.48. The molecule has 1 saturated carbocycles. The Bertz CT molecular complexity index is 527. The van der Waals surface area contributed by atoms with Crippen LogP contribution in [0, 0.1) is 5.92 Å². The summed E-state index contributed by atoms with van der Waals surface area (Å²) in [5.41, 5.74) is 4.75. The Morgan fingerprint density at radius 3 is 2.22 bits per heavy atom. The molecule has 23 heavy (non-hydrogen) atoms. The lowest BCUT2D eigenvalue weighted by Gasteiger charge is -2.30. The zero-order valence-corrected chi connectivity index (χ0v) is 15.7. The van der Waals surface area contributed by atoms with E-state index in [2.05, 4.69) is 58.0 Å². The second kappa shape index (κ2) is 8.09. The molecule has 1 N–H and O–H groups in total. The highest BCUT2D eigenvalue weighted by atomic mass is 32.1. The Morgan fingerprint density at radius 1 is 1.26 bits per heavy atom. The van der Waals surface area contributed by atoms with Crippen LogP contribution in [-0.4, -0.2) is 12.1 Å². The highest BCUT2D eigenvalue weighted by Crippen LogP contribution is 2.31. The summed E-state index contributed by atoms with van der Waals surface area (Å²) in [6.07, 6.45) is 6.26. The van der Waals surface area contributed by atoms with Crippen LogP contribution < -0.4 is 9.62 Å². The molecule has 1 aliphatic carbocycles. The number of hydrogen-bond acceptors (Lipinski definition) is 2. The summed E-state index contributed by atoms with van der Waals surface area (Å²) in [5, 5.41) is 3.07. The van der Waals surface area contributed by atoms with Crippen molar-refractivity contribution in [2.75, 3.05) is 4.31 Å². The van der Waals surface area contributed by atoms with E-state index in [4.69, 9.17) is 0 Å². The maximum absolute atomic E-state index is 12.5. The number of urea groups is 1. The molecule has 128 valence electrons. The van der Waals surface area contributed by atoms with Gasteiger partial charge in [-0.25, -0.2) is 9.10 Å². The van der Waals surface area contributed by atoms with Gasteiger partial charge < -0.3 is 5.32 Å². The van der Waals surface area contributed by atoms with Crippen LogP contribution in [-0.2, 0) is 19.3 Å². The summed E-state index contributed by atoms with van der Waals surface area (Å²) in [5.74, 6) is 0.629. The molecule has 0 aliphatic heterocycles. The zero-order valence-electron chi connectivity index (χ0n) is 14.9. The van der Waals surface area contributed by atoms with E-state index >= 15 is 0 Å². The van der Waals surface area contributed by atoms with Gasteiger partial charge in [0, 0.05) is 6.04 Å². The molecule has 0 radical (unpaired) electrons. The van der Waals surface area contributed by atoms with E-state index in [0.29, 0.717) is 12.0 Å². The van der Waals surface area contributed by atoms with E-state index < -0.39 is 0 Å². The van der Waals surface area contributed by atoms with Crippen LogP contribution in [0.25, 0.3) is 0 Å². The minimum atomic E-state index is -0.0981. The van der Waals surface area contributed by atoms with Gasteiger partial charge in [-0.3, -0.25) is 0 Å². The van der Waals surface area contributed by atoms with Crippen molar-refractivity contribution in [3.05, 3.63) is 28.8 Å². The van der Waals surface area contributed by atoms with Gasteiger partial charge in [0.1, 0.15) is 0 Å². The second-order valence-electron chi connectivity index (χ2n) is 6.96. The SMILES string of the molecule is CCc1cc(CC(C)C)cc(CC)c1N(S)C(=O)NC1CCC1. The van der Waals surface area contributed by atoms with Crippen molar-refractivity contribution in [1.82, 2.24) is 5.32 Å². The molecular weight excluding hydrogens is 304 g/mol. The maximum atomic E-state index is 12.5. The van der Waals surface area contributed by atoms with Crippen molar-refractivity contribution in [2.24, 2.45) is 5.92 Å². The standard InChI is InChI=1S/C19H30N2OS/c1-5-15-11-14(10-13(3)4)12-16(6-2)18(15)21(23)19(22)20-17-8-7-9-17/h11-13,17,23H,5-10H2,1-4H3,(H,20,22). The second-order valence-corrected chi connectivity index (χ2v) is 7.36. The fourth-order valence-corrected chi connectivity index (χ4v) is 3.44. The highest BCUT2D eigenvalue weighted by Gasteiger charge is 2.24. The topological polar surface area (TPSA) is 32.3 Å². The number of nitrogens with zero attached hydrogens (tertiary/aromatic N) is 1. The van der Waals surface area contributed by atoms with Crippen LogP contribution in [0.2, 0.25) is 0 Å². The van der Waals surface area contributed by atoms with Crippen molar-refractivity contribution < 1.29 is 4.79 Å². The van der Waals surface area contributed by atoms with Crippen molar-refractivity contribution in [3.8, 4) is 0 Å². The molecule has 1 aromatic rings. The molecule has 0 bridgehead atoms. The molecule has 2 rings (SSSR count). The molecule has 1 fully saturated rings. The van der Waals surface area contributed by atoms with Crippen LogP contribution in [0.5, 0.6) is 0 Å². The van der Waals surface area contributed by atoms with Crippen molar-refractivity contribution in [2.45, 2.75) is 72.3 Å². The molecule has 0 aromatic heterocycles. The van der Waals surface area contributed by atoms with Gasteiger partial charge in [0.05, 0.1) is 5.69 Å². The summed E-state index contributed by atoms with van der Waals surface area (Å²) in [7, 11) is 0. The Hall–Kier alpha value is -1.16. The Labute approximate surface area is 146 Å². The lowest BCUT2D eigenvalue weighted by atomic mass is 9.93. The van der Waals surface area contributed by atoms with Crippen LogP contribution in [0.1, 0.15) is 63.6 Å². The first-order valence-electron chi connectivity index (χ1n) is 8.90. The van der Waals surface area contributed by atoms with Crippen LogP contribution in [0.4, 0.5) is 10.5 Å². The van der Waals surface area contributed by atoms with E-state index in [1.54, 1.807) is 0 Å². The number of anilines is 1. The number of benzene rings is 1. The van der Waals surface area contributed by atoms with E-state index in [1.165, 1.54) is 27.4 Å². The van der Waals surface area contributed by atoms with Gasteiger partial charge in [-0.15, -0.1) is 0 Å². The van der Waals surface area contributed by atoms with Crippen LogP contribution >= 0.6 is 12.8 Å². The zero-order chi connectivity index (χ0) is 17.0. The van der Waals surface area contributed by atoms with E-state index in [1.807, 2.05) is 0 Å². The normalized spacial score (nSPS) is 14.7. The largest absolute Gasteiger partial charge is 0.334 e. The van der Waals surface area contributed by atoms with Crippen molar-refractivity contribution in [1.29, 1.82) is 0 Å². The quantitative estimate of drug-likeness (QED) is 0.711. The van der Waals surface area contributed by atoms with E-state index in [0.717, 1.165) is 37.8 Å². The first-order valence-corrected chi connectivity index (χ1v) is 9.30. The van der Waals surface area contributed by atoms with E-state index in [-0.39, 0.29) is 6.03 Å². The summed E-state index contributed by atoms with van der Waals surface area (Å²) >= 11 is 4.52. The molecule has 0 unspecified atom stereocenters. The fraction of sp³-hybridized carbons (Fsp3) is 0.632. The van der Waals surface area contributed by atoms with Gasteiger partial charge in [0.25, 0.3) is 0 Å². The van der Waals surface area contributed by atoms with Crippen LogP contribution in [0.15, 0.2) is 12.1 Å². The molecule has 1 aromatic carbocycles. The summed E-state index contributed by atoms with van der Waals surface area (Å²) in [4.78, 5) is 12.5. The molecule has 0 atom stereocenters. The number of thiol groups is 1. The molecular formula is C19H30N2OS. The van der Waals surface area contributed by atoms with Crippen LogP contribution in [0.3, 0.4) is 0 Å². The first-order chi connectivity index (χ1) is 11.0. The van der Waals surface area contributed by atoms with Gasteiger partial charge in [-0.05, 0) is 61.1 Å². The number of carbonyl (C=O) groups is 1. The minimum Gasteiger partial charge on any atom is -0.334 e. The maximum Gasteiger partial charge on any atom is 0.332 e. The Balaban J connectivity index is 2.28. The number of aryl methyl sites for hydroxylation is 2. The van der Waals surface area contributed by atoms with Gasteiger partial charge in [-0.2, -0.15) is 0 Å². The average molecular weight is 335 g/mol. The number of amides is 2. The molecule has 2 amide bonds. The molecule has 0 heterocycles. The first kappa shape index (κ1) is 18.2. The molecule has 0 spiro atoms. The van der Waals surface area contributed by atoms with Crippen molar-refractivity contribution >= 4 is 24.5 Å². The lowest BCUT2D eigenvalue weighted by molar-refractivity contribution is 0.237. The third-order valence-corrected chi connectivity index (χ3v) is 4.95. The minimum absolute atomic E-state index is 0.0981. The predicted molar refractivity (Wildman–Crippen MR) is 101 cm³/mol. The molecule has 3 nitrogen and oxygen atoms in total. The lowest BCUT2D eigenvalue weighted by Crippen LogP contribution is -2.44. The van der Waals surface area contributed by atoms with Gasteiger partial charge in [0.15, 0.2) is 0 Å². The number of nitrogens with one attached hydrogen (secondary N) is 1. The molecule has 1 aliphatic rings. The van der Waals surface area contributed by atoms with Gasteiger partial charge in [0.2, 0.25) is 0 Å². The number of rotatable bonds is 6. The summed E-state index contributed by atoms with van der Waals surface area (Å²) in [6, 6.07) is 4.72.